The zero-order valence-electron chi connectivity index (χ0n) is 13.0. The van der Waals surface area contributed by atoms with Gasteiger partial charge >= 0.3 is 0 Å². The van der Waals surface area contributed by atoms with Crippen LogP contribution in [0.25, 0.3) is 0 Å². The Kier molecular flexibility index (Phi) is 5.18. The van der Waals surface area contributed by atoms with Crippen LogP contribution in [0.4, 0.5) is 0 Å². The molecule has 2 aliphatic rings. The number of benzene rings is 1. The predicted octanol–water partition coefficient (Wildman–Crippen LogP) is 1.73. The molecule has 0 aromatic heterocycles. The van der Waals surface area contributed by atoms with Crippen LogP contribution in [0.1, 0.15) is 18.4 Å². The fourth-order valence-electron chi connectivity index (χ4n) is 3.24. The number of carbonyl (C=O) groups is 2. The first-order valence-electron chi connectivity index (χ1n) is 8.05. The summed E-state index contributed by atoms with van der Waals surface area (Å²) in [5.74, 6) is 0.0571. The Labute approximate surface area is 141 Å². The summed E-state index contributed by atoms with van der Waals surface area (Å²) in [6.45, 7) is 3.04. The van der Waals surface area contributed by atoms with Gasteiger partial charge in [0.05, 0.1) is 19.6 Å². The van der Waals surface area contributed by atoms with E-state index in [0.29, 0.717) is 37.9 Å². The molecule has 2 amide bonds. The highest BCUT2D eigenvalue weighted by atomic mass is 35.5. The van der Waals surface area contributed by atoms with Gasteiger partial charge in [-0.2, -0.15) is 0 Å². The predicted molar refractivity (Wildman–Crippen MR) is 87.3 cm³/mol. The molecule has 23 heavy (non-hydrogen) atoms. The fourth-order valence-corrected chi connectivity index (χ4v) is 3.45. The molecule has 0 aliphatic carbocycles. The van der Waals surface area contributed by atoms with E-state index in [1.165, 1.54) is 0 Å². The average Bonchev–Trinajstić information content (AvgIpc) is 3.05. The van der Waals surface area contributed by atoms with Gasteiger partial charge in [-0.3, -0.25) is 9.59 Å². The molecule has 1 unspecified atom stereocenters. The second-order valence-corrected chi connectivity index (χ2v) is 6.43. The molecule has 124 valence electrons. The third-order valence-corrected chi connectivity index (χ3v) is 4.66. The number of ether oxygens (including phenoxy) is 1. The molecule has 0 N–H and O–H groups in total. The van der Waals surface area contributed by atoms with Crippen molar-refractivity contribution in [2.75, 3.05) is 32.8 Å². The van der Waals surface area contributed by atoms with Crippen LogP contribution in [0, 0.1) is 0 Å². The van der Waals surface area contributed by atoms with Crippen molar-refractivity contribution >= 4 is 23.4 Å². The highest BCUT2D eigenvalue weighted by Crippen LogP contribution is 2.22. The Balaban J connectivity index is 1.65. The van der Waals surface area contributed by atoms with E-state index in [2.05, 4.69) is 0 Å². The number of nitrogens with zero attached hydrogens (tertiary/aromatic N) is 2. The van der Waals surface area contributed by atoms with E-state index in [9.17, 15) is 9.59 Å². The van der Waals surface area contributed by atoms with E-state index in [1.807, 2.05) is 17.0 Å². The number of rotatable bonds is 3. The van der Waals surface area contributed by atoms with E-state index in [1.54, 1.807) is 17.0 Å². The Morgan fingerprint density at radius 3 is 2.74 bits per heavy atom. The second-order valence-electron chi connectivity index (χ2n) is 5.99. The van der Waals surface area contributed by atoms with Gasteiger partial charge in [0.2, 0.25) is 11.8 Å². The molecule has 2 heterocycles. The molecular weight excluding hydrogens is 316 g/mol. The lowest BCUT2D eigenvalue weighted by atomic mass is 10.1. The van der Waals surface area contributed by atoms with Crippen molar-refractivity contribution in [2.24, 2.45) is 0 Å². The lowest BCUT2D eigenvalue weighted by Crippen LogP contribution is -2.51. The van der Waals surface area contributed by atoms with Gasteiger partial charge in [0.25, 0.3) is 0 Å². The molecule has 3 rings (SSSR count). The van der Waals surface area contributed by atoms with Crippen LogP contribution in [0.2, 0.25) is 5.02 Å². The van der Waals surface area contributed by atoms with Gasteiger partial charge in [0, 0.05) is 24.7 Å². The third-order valence-electron chi connectivity index (χ3n) is 4.43. The van der Waals surface area contributed by atoms with Crippen molar-refractivity contribution in [2.45, 2.75) is 25.3 Å². The Bertz CT molecular complexity index is 587. The van der Waals surface area contributed by atoms with E-state index in [0.717, 1.165) is 18.4 Å². The summed E-state index contributed by atoms with van der Waals surface area (Å²) >= 11 is 5.97. The van der Waals surface area contributed by atoms with Crippen LogP contribution in [-0.2, 0) is 20.7 Å². The van der Waals surface area contributed by atoms with Gasteiger partial charge in [-0.25, -0.2) is 0 Å². The number of morpholine rings is 1. The highest BCUT2D eigenvalue weighted by molar-refractivity contribution is 6.30. The van der Waals surface area contributed by atoms with Gasteiger partial charge in [0.15, 0.2) is 0 Å². The molecule has 2 fully saturated rings. The minimum Gasteiger partial charge on any atom is -0.378 e. The number of carbonyl (C=O) groups excluding carboxylic acids is 2. The monoisotopic (exact) mass is 336 g/mol. The maximum atomic E-state index is 12.7. The average molecular weight is 337 g/mol. The third kappa shape index (κ3) is 3.85. The Morgan fingerprint density at radius 1 is 1.22 bits per heavy atom. The molecule has 2 aliphatic heterocycles. The summed E-state index contributed by atoms with van der Waals surface area (Å²) in [6.07, 6.45) is 1.91. The first-order chi connectivity index (χ1) is 11.1. The maximum Gasteiger partial charge on any atom is 0.245 e. The summed E-state index contributed by atoms with van der Waals surface area (Å²) in [5, 5.41) is 0.623. The van der Waals surface area contributed by atoms with Crippen molar-refractivity contribution in [1.29, 1.82) is 0 Å². The summed E-state index contributed by atoms with van der Waals surface area (Å²) in [7, 11) is 0. The van der Waals surface area contributed by atoms with Gasteiger partial charge in [0.1, 0.15) is 6.04 Å². The highest BCUT2D eigenvalue weighted by Gasteiger charge is 2.36. The standard InChI is InChI=1S/C17H21ClN2O3/c18-14-4-1-3-13(11-14)12-16(21)20-6-2-5-15(20)17(22)19-7-9-23-10-8-19/h1,3-4,11,15H,2,5-10,12H2. The van der Waals surface area contributed by atoms with E-state index in [4.69, 9.17) is 16.3 Å². The van der Waals surface area contributed by atoms with Crippen LogP contribution < -0.4 is 0 Å². The number of halogens is 1. The molecule has 0 radical (unpaired) electrons. The number of amides is 2. The summed E-state index contributed by atoms with van der Waals surface area (Å²) in [6, 6.07) is 6.99. The fraction of sp³-hybridized carbons (Fsp3) is 0.529. The maximum absolute atomic E-state index is 12.7. The number of hydrogen-bond donors (Lipinski definition) is 0. The smallest absolute Gasteiger partial charge is 0.245 e. The Hall–Kier alpha value is -1.59. The van der Waals surface area contributed by atoms with Crippen molar-refractivity contribution in [3.8, 4) is 0 Å². The first-order valence-corrected chi connectivity index (χ1v) is 8.43. The minimum atomic E-state index is -0.320. The quantitative estimate of drug-likeness (QED) is 0.844. The van der Waals surface area contributed by atoms with Crippen molar-refractivity contribution < 1.29 is 14.3 Å². The summed E-state index contributed by atoms with van der Waals surface area (Å²) in [5.41, 5.74) is 0.881. The minimum absolute atomic E-state index is 0.00336. The summed E-state index contributed by atoms with van der Waals surface area (Å²) < 4.78 is 5.29. The first kappa shape index (κ1) is 16.3. The normalized spacial score (nSPS) is 21.5. The van der Waals surface area contributed by atoms with Crippen LogP contribution in [0.3, 0.4) is 0 Å². The molecule has 1 aromatic rings. The molecular formula is C17H21ClN2O3. The van der Waals surface area contributed by atoms with Crippen LogP contribution in [0.15, 0.2) is 24.3 Å². The zero-order valence-corrected chi connectivity index (χ0v) is 13.8. The molecule has 6 heteroatoms. The molecule has 0 bridgehead atoms. The lowest BCUT2D eigenvalue weighted by molar-refractivity contribution is -0.146. The van der Waals surface area contributed by atoms with E-state index < -0.39 is 0 Å². The van der Waals surface area contributed by atoms with Gasteiger partial charge in [-0.15, -0.1) is 0 Å². The molecule has 2 saturated heterocycles. The molecule has 0 spiro atoms. The van der Waals surface area contributed by atoms with Crippen LogP contribution in [0.5, 0.6) is 0 Å². The van der Waals surface area contributed by atoms with Crippen molar-refractivity contribution in [3.05, 3.63) is 34.9 Å². The zero-order chi connectivity index (χ0) is 16.2. The number of hydrogen-bond acceptors (Lipinski definition) is 3. The topological polar surface area (TPSA) is 49.9 Å². The van der Waals surface area contributed by atoms with Crippen molar-refractivity contribution in [1.82, 2.24) is 9.80 Å². The van der Waals surface area contributed by atoms with Gasteiger partial charge < -0.3 is 14.5 Å². The Morgan fingerprint density at radius 2 is 2.00 bits per heavy atom. The van der Waals surface area contributed by atoms with E-state index >= 15 is 0 Å². The van der Waals surface area contributed by atoms with E-state index in [-0.39, 0.29) is 24.3 Å². The molecule has 1 atom stereocenters. The number of likely N-dealkylation sites (tertiary alicyclic amines) is 1. The molecule has 5 nitrogen and oxygen atoms in total. The van der Waals surface area contributed by atoms with Gasteiger partial charge in [-0.05, 0) is 30.5 Å². The summed E-state index contributed by atoms with van der Waals surface area (Å²) in [4.78, 5) is 28.8. The molecule has 0 saturated carbocycles. The largest absolute Gasteiger partial charge is 0.378 e. The van der Waals surface area contributed by atoms with Crippen LogP contribution in [-0.4, -0.2) is 60.5 Å². The molecule has 1 aromatic carbocycles. The lowest BCUT2D eigenvalue weighted by Gasteiger charge is -2.32. The SMILES string of the molecule is O=C(C1CCCN1C(=O)Cc1cccc(Cl)c1)N1CCOCC1. The second kappa shape index (κ2) is 7.32. The van der Waals surface area contributed by atoms with Crippen molar-refractivity contribution in [3.63, 3.8) is 0 Å². The van der Waals surface area contributed by atoms with Gasteiger partial charge in [-0.1, -0.05) is 23.7 Å². The van der Waals surface area contributed by atoms with Crippen LogP contribution >= 0.6 is 11.6 Å².